The first kappa shape index (κ1) is 24.5. The average molecular weight is 540 g/mol. The van der Waals surface area contributed by atoms with Crippen LogP contribution in [0.25, 0.3) is 39.4 Å². The van der Waals surface area contributed by atoms with E-state index in [1.54, 1.807) is 50.1 Å². The molecule has 39 heavy (non-hydrogen) atoms. The topological polar surface area (TPSA) is 83.5 Å². The lowest BCUT2D eigenvalue weighted by atomic mass is 10.1. The van der Waals surface area contributed by atoms with Crippen molar-refractivity contribution in [3.63, 3.8) is 0 Å². The molecule has 0 saturated carbocycles. The molecule has 0 N–H and O–H groups in total. The molecule has 0 fully saturated rings. The molecule has 0 saturated heterocycles. The summed E-state index contributed by atoms with van der Waals surface area (Å²) < 4.78 is 28.6. The maximum Gasteiger partial charge on any atom is 0.291 e. The lowest BCUT2D eigenvalue weighted by molar-refractivity contribution is 0.355. The third kappa shape index (κ3) is 4.44. The number of rotatable bonds is 6. The summed E-state index contributed by atoms with van der Waals surface area (Å²) in [5, 5.41) is 9.18. The van der Waals surface area contributed by atoms with Crippen LogP contribution in [0.5, 0.6) is 11.5 Å². The number of fused-ring (bicyclic) bond motifs is 1. The average Bonchev–Trinajstić information content (AvgIpc) is 3.65. The van der Waals surface area contributed by atoms with Gasteiger partial charge < -0.3 is 9.47 Å². The number of thiazole rings is 1. The largest absolute Gasteiger partial charge is 0.493 e. The van der Waals surface area contributed by atoms with Crippen LogP contribution in [0.4, 0.5) is 4.39 Å². The molecule has 0 amide bonds. The van der Waals surface area contributed by atoms with Gasteiger partial charge in [-0.25, -0.2) is 9.07 Å². The number of ether oxygens (including phenoxy) is 2. The molecule has 3 aromatic heterocycles. The van der Waals surface area contributed by atoms with E-state index in [9.17, 15) is 9.18 Å². The molecular weight excluding hydrogens is 517 g/mol. The first-order chi connectivity index (χ1) is 18.9. The zero-order valence-electron chi connectivity index (χ0n) is 21.3. The van der Waals surface area contributed by atoms with Crippen LogP contribution in [0.1, 0.15) is 11.1 Å². The van der Waals surface area contributed by atoms with E-state index in [0.29, 0.717) is 54.8 Å². The van der Waals surface area contributed by atoms with Gasteiger partial charge in [0.25, 0.3) is 5.56 Å². The summed E-state index contributed by atoms with van der Waals surface area (Å²) in [4.78, 5) is 18.4. The summed E-state index contributed by atoms with van der Waals surface area (Å²) in [6, 6.07) is 19.9. The quantitative estimate of drug-likeness (QED) is 0.306. The van der Waals surface area contributed by atoms with Crippen LogP contribution < -0.4 is 19.6 Å². The number of aryl methyl sites for hydroxylation is 1. The highest BCUT2D eigenvalue weighted by Crippen LogP contribution is 2.31. The fourth-order valence-electron chi connectivity index (χ4n) is 4.24. The van der Waals surface area contributed by atoms with E-state index in [-0.39, 0.29) is 11.4 Å². The number of benzene rings is 3. The summed E-state index contributed by atoms with van der Waals surface area (Å²) in [7, 11) is 3.12. The minimum absolute atomic E-state index is 0.303. The molecule has 8 nitrogen and oxygen atoms in total. The number of aromatic nitrogens is 5. The Balaban J connectivity index is 1.46. The summed E-state index contributed by atoms with van der Waals surface area (Å²) in [5.41, 5.74) is 3.62. The van der Waals surface area contributed by atoms with Crippen molar-refractivity contribution in [1.29, 1.82) is 0 Å². The van der Waals surface area contributed by atoms with Crippen LogP contribution in [0.15, 0.2) is 77.7 Å². The number of nitrogens with zero attached hydrogens (tertiary/aromatic N) is 5. The van der Waals surface area contributed by atoms with E-state index < -0.39 is 0 Å². The Labute approximate surface area is 226 Å². The van der Waals surface area contributed by atoms with E-state index in [1.807, 2.05) is 48.7 Å². The smallest absolute Gasteiger partial charge is 0.291 e. The maximum absolute atomic E-state index is 14.5. The molecule has 6 aromatic rings. The van der Waals surface area contributed by atoms with E-state index in [1.165, 1.54) is 21.9 Å². The maximum atomic E-state index is 14.5. The molecule has 10 heteroatoms. The molecule has 0 bridgehead atoms. The number of hydrogen-bond donors (Lipinski definition) is 0. The second kappa shape index (κ2) is 9.80. The van der Waals surface area contributed by atoms with Gasteiger partial charge in [0, 0.05) is 22.9 Å². The van der Waals surface area contributed by atoms with Crippen molar-refractivity contribution >= 4 is 22.4 Å². The van der Waals surface area contributed by atoms with Gasteiger partial charge in [-0.3, -0.25) is 4.79 Å². The molecule has 0 atom stereocenters. The van der Waals surface area contributed by atoms with Crippen LogP contribution in [0.2, 0.25) is 0 Å². The highest BCUT2D eigenvalue weighted by atomic mass is 32.1. The summed E-state index contributed by atoms with van der Waals surface area (Å²) in [6.07, 6.45) is 3.58. The van der Waals surface area contributed by atoms with Crippen LogP contribution in [0.3, 0.4) is 0 Å². The highest BCUT2D eigenvalue weighted by molar-refractivity contribution is 7.15. The van der Waals surface area contributed by atoms with Crippen LogP contribution in [-0.2, 0) is 0 Å². The zero-order valence-corrected chi connectivity index (χ0v) is 22.1. The first-order valence-corrected chi connectivity index (χ1v) is 12.8. The normalized spacial score (nSPS) is 11.8. The van der Waals surface area contributed by atoms with Crippen molar-refractivity contribution < 1.29 is 13.9 Å². The molecule has 3 heterocycles. The molecule has 194 valence electrons. The number of methoxy groups -OCH3 is 2. The molecule has 6 rings (SSSR count). The Hall–Kier alpha value is -4.83. The van der Waals surface area contributed by atoms with Gasteiger partial charge in [0.1, 0.15) is 11.5 Å². The molecule has 0 aliphatic heterocycles. The van der Waals surface area contributed by atoms with Crippen LogP contribution in [0, 0.1) is 12.7 Å². The number of halogens is 1. The SMILES string of the molecule is COc1ccc(-c2nc3sc(=Cc4cn(-c5ccccc5)nc4-c4ccc(C)c(F)c4)c(=O)n3n2)cc1OC. The van der Waals surface area contributed by atoms with E-state index in [2.05, 4.69) is 10.1 Å². The van der Waals surface area contributed by atoms with Crippen molar-refractivity contribution in [3.05, 3.63) is 105 Å². The number of para-hydroxylation sites is 1. The van der Waals surface area contributed by atoms with Crippen LogP contribution in [-0.4, -0.2) is 38.6 Å². The van der Waals surface area contributed by atoms with Gasteiger partial charge in [0.2, 0.25) is 4.96 Å². The minimum Gasteiger partial charge on any atom is -0.493 e. The van der Waals surface area contributed by atoms with Gasteiger partial charge in [-0.2, -0.15) is 14.6 Å². The molecule has 0 spiro atoms. The fourth-order valence-corrected chi connectivity index (χ4v) is 5.14. The summed E-state index contributed by atoms with van der Waals surface area (Å²) in [6.45, 7) is 1.71. The lowest BCUT2D eigenvalue weighted by Gasteiger charge is -2.07. The van der Waals surface area contributed by atoms with Gasteiger partial charge in [0.05, 0.1) is 24.4 Å². The Bertz CT molecular complexity index is 1950. The predicted octanol–water partition coefficient (Wildman–Crippen LogP) is 4.68. The Morgan fingerprint density at radius 1 is 0.923 bits per heavy atom. The lowest BCUT2D eigenvalue weighted by Crippen LogP contribution is -2.23. The van der Waals surface area contributed by atoms with E-state index >= 15 is 0 Å². The van der Waals surface area contributed by atoms with Gasteiger partial charge in [0.15, 0.2) is 17.3 Å². The predicted molar refractivity (Wildman–Crippen MR) is 148 cm³/mol. The van der Waals surface area contributed by atoms with Gasteiger partial charge in [-0.05, 0) is 55.0 Å². The molecule has 0 aliphatic rings. The molecular formula is C29H22FN5O3S. The summed E-state index contributed by atoms with van der Waals surface area (Å²) >= 11 is 1.22. The van der Waals surface area contributed by atoms with Crippen molar-refractivity contribution in [3.8, 4) is 39.8 Å². The highest BCUT2D eigenvalue weighted by Gasteiger charge is 2.17. The molecule has 0 unspecified atom stereocenters. The molecule has 3 aromatic carbocycles. The van der Waals surface area contributed by atoms with Gasteiger partial charge in [-0.15, -0.1) is 5.10 Å². The van der Waals surface area contributed by atoms with Crippen molar-refractivity contribution in [2.24, 2.45) is 0 Å². The molecule has 0 radical (unpaired) electrons. The third-order valence-corrected chi connectivity index (χ3v) is 7.28. The van der Waals surface area contributed by atoms with Crippen molar-refractivity contribution in [1.82, 2.24) is 24.4 Å². The second-order valence-corrected chi connectivity index (χ2v) is 9.80. The first-order valence-electron chi connectivity index (χ1n) is 12.0. The van der Waals surface area contributed by atoms with Gasteiger partial charge in [-0.1, -0.05) is 41.7 Å². The van der Waals surface area contributed by atoms with Crippen LogP contribution >= 0.6 is 11.3 Å². The standard InChI is InChI=1S/C29H22FN5O3S/c1-17-9-10-18(13-22(17)30)26-20(16-34(32-26)21-7-5-4-6-8-21)15-25-28(36)35-29(39-25)31-27(33-35)19-11-12-23(37-2)24(14-19)38-3/h4-16H,1-3H3. The molecule has 0 aliphatic carbocycles. The second-order valence-electron chi connectivity index (χ2n) is 8.79. The third-order valence-electron chi connectivity index (χ3n) is 6.32. The van der Waals surface area contributed by atoms with E-state index in [4.69, 9.17) is 14.6 Å². The monoisotopic (exact) mass is 539 g/mol. The fraction of sp³-hybridized carbons (Fsp3) is 0.103. The Morgan fingerprint density at radius 2 is 1.69 bits per heavy atom. The van der Waals surface area contributed by atoms with E-state index in [0.717, 1.165) is 5.69 Å². The minimum atomic E-state index is -0.321. The Morgan fingerprint density at radius 3 is 2.41 bits per heavy atom. The number of hydrogen-bond acceptors (Lipinski definition) is 7. The summed E-state index contributed by atoms with van der Waals surface area (Å²) in [5.74, 6) is 1.21. The Kier molecular flexibility index (Phi) is 6.16. The van der Waals surface area contributed by atoms with Gasteiger partial charge >= 0.3 is 0 Å². The van der Waals surface area contributed by atoms with Crippen molar-refractivity contribution in [2.45, 2.75) is 6.92 Å². The van der Waals surface area contributed by atoms with Crippen molar-refractivity contribution in [2.75, 3.05) is 14.2 Å². The zero-order chi connectivity index (χ0) is 27.1.